The van der Waals surface area contributed by atoms with E-state index in [1.807, 2.05) is 58.9 Å². The SMILES string of the molecule is COc1ccc(NC(=O)C(c2ccccc2C)N(C(=O)C(CC(C)C)NC(=O)OC(C)(C)C)C(C)C)cc1. The van der Waals surface area contributed by atoms with Crippen LogP contribution in [0.15, 0.2) is 48.5 Å². The third-order valence-electron chi connectivity index (χ3n) is 5.87. The van der Waals surface area contributed by atoms with E-state index in [0.717, 1.165) is 5.56 Å². The molecule has 0 aliphatic rings. The number of hydrogen-bond acceptors (Lipinski definition) is 5. The molecule has 8 heteroatoms. The first-order chi connectivity index (χ1) is 17.7. The van der Waals surface area contributed by atoms with Crippen LogP contribution in [0.2, 0.25) is 0 Å². The molecule has 0 radical (unpaired) electrons. The number of hydrogen-bond donors (Lipinski definition) is 2. The molecule has 0 heterocycles. The summed E-state index contributed by atoms with van der Waals surface area (Å²) in [6, 6.07) is 12.4. The second-order valence-corrected chi connectivity index (χ2v) is 11.1. The van der Waals surface area contributed by atoms with Gasteiger partial charge in [0.05, 0.1) is 7.11 Å². The Kier molecular flexibility index (Phi) is 10.7. The molecule has 0 bridgehead atoms. The average Bonchev–Trinajstić information content (AvgIpc) is 2.81. The maximum atomic E-state index is 14.1. The number of carbonyl (C=O) groups excluding carboxylic acids is 3. The minimum Gasteiger partial charge on any atom is -0.497 e. The van der Waals surface area contributed by atoms with Crippen molar-refractivity contribution in [3.63, 3.8) is 0 Å². The maximum Gasteiger partial charge on any atom is 0.408 e. The zero-order valence-electron chi connectivity index (χ0n) is 24.1. The molecule has 3 amide bonds. The quantitative estimate of drug-likeness (QED) is 0.405. The van der Waals surface area contributed by atoms with Crippen molar-refractivity contribution < 1.29 is 23.9 Å². The van der Waals surface area contributed by atoms with Gasteiger partial charge in [-0.1, -0.05) is 38.1 Å². The van der Waals surface area contributed by atoms with Crippen molar-refractivity contribution in [1.29, 1.82) is 0 Å². The molecular formula is C30H43N3O5. The van der Waals surface area contributed by atoms with Gasteiger partial charge in [-0.15, -0.1) is 0 Å². The molecule has 0 aromatic heterocycles. The number of ether oxygens (including phenoxy) is 2. The van der Waals surface area contributed by atoms with E-state index < -0.39 is 23.8 Å². The van der Waals surface area contributed by atoms with Gasteiger partial charge >= 0.3 is 6.09 Å². The van der Waals surface area contributed by atoms with Crippen molar-refractivity contribution >= 4 is 23.6 Å². The molecule has 0 aliphatic heterocycles. The molecule has 2 aromatic carbocycles. The van der Waals surface area contributed by atoms with E-state index in [4.69, 9.17) is 9.47 Å². The summed E-state index contributed by atoms with van der Waals surface area (Å²) in [5.74, 6) is 0.0740. The van der Waals surface area contributed by atoms with Crippen molar-refractivity contribution in [2.45, 2.75) is 85.5 Å². The van der Waals surface area contributed by atoms with Crippen LogP contribution in [-0.2, 0) is 14.3 Å². The largest absolute Gasteiger partial charge is 0.497 e. The molecule has 8 nitrogen and oxygen atoms in total. The predicted molar refractivity (Wildman–Crippen MR) is 150 cm³/mol. The Morgan fingerprint density at radius 1 is 0.947 bits per heavy atom. The van der Waals surface area contributed by atoms with E-state index in [-0.39, 0.29) is 23.8 Å². The fraction of sp³-hybridized carbons (Fsp3) is 0.500. The topological polar surface area (TPSA) is 97.0 Å². The third kappa shape index (κ3) is 8.78. The van der Waals surface area contributed by atoms with Gasteiger partial charge in [0.2, 0.25) is 5.91 Å². The van der Waals surface area contributed by atoms with Gasteiger partial charge in [0.25, 0.3) is 5.91 Å². The minimum absolute atomic E-state index is 0.109. The van der Waals surface area contributed by atoms with Crippen molar-refractivity contribution in [3.8, 4) is 5.75 Å². The van der Waals surface area contributed by atoms with E-state index in [1.54, 1.807) is 57.0 Å². The molecule has 2 aromatic rings. The monoisotopic (exact) mass is 525 g/mol. The Bertz CT molecular complexity index is 1090. The molecule has 0 aliphatic carbocycles. The van der Waals surface area contributed by atoms with Crippen molar-refractivity contribution in [2.24, 2.45) is 5.92 Å². The summed E-state index contributed by atoms with van der Waals surface area (Å²) < 4.78 is 10.7. The smallest absolute Gasteiger partial charge is 0.408 e. The molecule has 2 rings (SSSR count). The Morgan fingerprint density at radius 2 is 1.55 bits per heavy atom. The minimum atomic E-state index is -0.930. The highest BCUT2D eigenvalue weighted by Gasteiger charge is 2.38. The molecule has 0 saturated carbocycles. The summed E-state index contributed by atoms with van der Waals surface area (Å²) in [5.41, 5.74) is 1.45. The number of amides is 3. The second-order valence-electron chi connectivity index (χ2n) is 11.1. The lowest BCUT2D eigenvalue weighted by Crippen LogP contribution is -2.54. The molecule has 0 saturated heterocycles. The van der Waals surface area contributed by atoms with Crippen LogP contribution in [0.1, 0.15) is 72.1 Å². The number of methoxy groups -OCH3 is 1. The Balaban J connectivity index is 2.51. The third-order valence-corrected chi connectivity index (χ3v) is 5.87. The van der Waals surface area contributed by atoms with Crippen LogP contribution in [0, 0.1) is 12.8 Å². The fourth-order valence-electron chi connectivity index (χ4n) is 4.20. The maximum absolute atomic E-state index is 14.1. The highest BCUT2D eigenvalue weighted by atomic mass is 16.6. The number of aryl methyl sites for hydroxylation is 1. The fourth-order valence-corrected chi connectivity index (χ4v) is 4.20. The second kappa shape index (κ2) is 13.3. The van der Waals surface area contributed by atoms with Gasteiger partial charge in [-0.05, 0) is 89.3 Å². The van der Waals surface area contributed by atoms with Crippen LogP contribution in [0.25, 0.3) is 0 Å². The Morgan fingerprint density at radius 3 is 2.05 bits per heavy atom. The standard InChI is InChI=1S/C30H43N3O5/c1-19(2)18-25(32-29(36)38-30(6,7)8)28(35)33(20(3)4)26(24-13-11-10-12-21(24)5)27(34)31-22-14-16-23(37-9)17-15-22/h10-17,19-20,25-26H,18H2,1-9H3,(H,31,34)(H,32,36). The van der Waals surface area contributed by atoms with Crippen LogP contribution in [0.5, 0.6) is 5.75 Å². The number of nitrogens with zero attached hydrogens (tertiary/aromatic N) is 1. The molecule has 38 heavy (non-hydrogen) atoms. The summed E-state index contributed by atoms with van der Waals surface area (Å²) in [7, 11) is 1.58. The van der Waals surface area contributed by atoms with Crippen molar-refractivity contribution in [3.05, 3.63) is 59.7 Å². The highest BCUT2D eigenvalue weighted by Crippen LogP contribution is 2.29. The van der Waals surface area contributed by atoms with Gasteiger partial charge in [-0.3, -0.25) is 9.59 Å². The number of anilines is 1. The molecule has 208 valence electrons. The first kappa shape index (κ1) is 30.7. The molecule has 0 spiro atoms. The number of rotatable bonds is 10. The first-order valence-corrected chi connectivity index (χ1v) is 13.1. The van der Waals surface area contributed by atoms with Gasteiger partial charge in [0, 0.05) is 11.7 Å². The Hall–Kier alpha value is -3.55. The van der Waals surface area contributed by atoms with E-state index in [2.05, 4.69) is 10.6 Å². The summed E-state index contributed by atoms with van der Waals surface area (Å²) >= 11 is 0. The van der Waals surface area contributed by atoms with E-state index in [0.29, 0.717) is 23.4 Å². The number of nitrogens with one attached hydrogen (secondary N) is 2. The van der Waals surface area contributed by atoms with Crippen molar-refractivity contribution in [1.82, 2.24) is 10.2 Å². The molecular weight excluding hydrogens is 482 g/mol. The zero-order valence-corrected chi connectivity index (χ0v) is 24.1. The van der Waals surface area contributed by atoms with Gasteiger partial charge in [-0.2, -0.15) is 0 Å². The lowest BCUT2D eigenvalue weighted by molar-refractivity contribution is -0.143. The van der Waals surface area contributed by atoms with Crippen molar-refractivity contribution in [2.75, 3.05) is 12.4 Å². The van der Waals surface area contributed by atoms with Gasteiger partial charge in [-0.25, -0.2) is 4.79 Å². The normalized spacial score (nSPS) is 13.0. The number of alkyl carbamates (subject to hydrolysis) is 1. The molecule has 2 N–H and O–H groups in total. The van der Waals surface area contributed by atoms with Gasteiger partial charge in [0.1, 0.15) is 23.4 Å². The summed E-state index contributed by atoms with van der Waals surface area (Å²) in [6.07, 6.45) is -0.280. The summed E-state index contributed by atoms with van der Waals surface area (Å²) in [4.78, 5) is 42.3. The van der Waals surface area contributed by atoms with Gasteiger partial charge < -0.3 is 25.0 Å². The number of carbonyl (C=O) groups is 3. The molecule has 2 atom stereocenters. The van der Waals surface area contributed by atoms with E-state index in [9.17, 15) is 14.4 Å². The lowest BCUT2D eigenvalue weighted by Gasteiger charge is -2.38. The van der Waals surface area contributed by atoms with Gasteiger partial charge in [0.15, 0.2) is 0 Å². The van der Waals surface area contributed by atoms with Crippen LogP contribution in [0.4, 0.5) is 10.5 Å². The van der Waals surface area contributed by atoms with Crippen LogP contribution in [-0.4, -0.2) is 47.6 Å². The van der Waals surface area contributed by atoms with E-state index >= 15 is 0 Å². The highest BCUT2D eigenvalue weighted by molar-refractivity contribution is 5.99. The van der Waals surface area contributed by atoms with Crippen LogP contribution in [0.3, 0.4) is 0 Å². The summed E-state index contributed by atoms with van der Waals surface area (Å²) in [5, 5.41) is 5.72. The van der Waals surface area contributed by atoms with E-state index in [1.165, 1.54) is 0 Å². The molecule has 0 fully saturated rings. The van der Waals surface area contributed by atoms with Crippen LogP contribution >= 0.6 is 0 Å². The zero-order chi connectivity index (χ0) is 28.6. The predicted octanol–water partition coefficient (Wildman–Crippen LogP) is 5.86. The first-order valence-electron chi connectivity index (χ1n) is 13.1. The average molecular weight is 526 g/mol. The summed E-state index contributed by atoms with van der Waals surface area (Å²) in [6.45, 7) is 14.9. The lowest BCUT2D eigenvalue weighted by atomic mass is 9.95. The number of benzene rings is 2. The van der Waals surface area contributed by atoms with Crippen LogP contribution < -0.4 is 15.4 Å². The Labute approximate surface area is 227 Å². The molecule has 2 unspecified atom stereocenters.